The number of benzene rings is 1. The molecule has 3 rings (SSSR count). The molecule has 8 heteroatoms. The molecule has 1 aromatic carbocycles. The van der Waals surface area contributed by atoms with E-state index < -0.39 is 0 Å². The third-order valence-corrected chi connectivity index (χ3v) is 5.46. The van der Waals surface area contributed by atoms with Crippen molar-refractivity contribution in [2.24, 2.45) is 4.99 Å². The van der Waals surface area contributed by atoms with E-state index >= 15 is 0 Å². The Hall–Kier alpha value is -2.25. The average Bonchev–Trinajstić information content (AvgIpc) is 3.05. The van der Waals surface area contributed by atoms with E-state index in [1.54, 1.807) is 0 Å². The molecule has 1 N–H and O–H groups in total. The van der Waals surface area contributed by atoms with Crippen LogP contribution in [0.5, 0.6) is 5.75 Å². The predicted octanol–water partition coefficient (Wildman–Crippen LogP) is 2.76. The molecular weight excluding hydrogens is 390 g/mol. The first-order chi connectivity index (χ1) is 14.1. The topological polar surface area (TPSA) is 66.1 Å². The van der Waals surface area contributed by atoms with Gasteiger partial charge in [-0.15, -0.1) is 0 Å². The highest BCUT2D eigenvalue weighted by Crippen LogP contribution is 2.15. The molecule has 158 valence electrons. The fourth-order valence-corrected chi connectivity index (χ4v) is 3.62. The van der Waals surface area contributed by atoms with Gasteiger partial charge in [-0.2, -0.15) is 0 Å². The fraction of sp³-hybridized carbons (Fsp3) is 0.524. The maximum atomic E-state index is 5.90. The molecule has 29 heavy (non-hydrogen) atoms. The second-order valence-corrected chi connectivity index (χ2v) is 7.59. The molecule has 2 heterocycles. The molecule has 0 unspecified atom stereocenters. The van der Waals surface area contributed by atoms with Crippen molar-refractivity contribution in [3.05, 3.63) is 46.3 Å². The standard InChI is InChI=1S/C21H30ClN5O2/c1-16-20(17(2)29-25-16)8-9-24-21(23-3)27-12-10-26(11-13-27)14-15-28-19-6-4-18(22)5-7-19/h4-7H,8-15H2,1-3H3,(H,23,24). The van der Waals surface area contributed by atoms with Crippen LogP contribution in [0.25, 0.3) is 0 Å². The minimum absolute atomic E-state index is 0.673. The summed E-state index contributed by atoms with van der Waals surface area (Å²) < 4.78 is 11.0. The van der Waals surface area contributed by atoms with Crippen molar-refractivity contribution in [3.8, 4) is 5.75 Å². The molecule has 2 aromatic rings. The van der Waals surface area contributed by atoms with Crippen molar-refractivity contribution < 1.29 is 9.26 Å². The molecule has 0 bridgehead atoms. The molecule has 7 nitrogen and oxygen atoms in total. The number of aliphatic imine (C=N–C) groups is 1. The minimum Gasteiger partial charge on any atom is -0.492 e. The van der Waals surface area contributed by atoms with E-state index in [0.29, 0.717) is 6.61 Å². The Kier molecular flexibility index (Phi) is 7.77. The number of hydrogen-bond acceptors (Lipinski definition) is 5. The lowest BCUT2D eigenvalue weighted by molar-refractivity contribution is 0.152. The Morgan fingerprint density at radius 1 is 1.21 bits per heavy atom. The summed E-state index contributed by atoms with van der Waals surface area (Å²) >= 11 is 5.90. The Bertz CT molecular complexity index is 778. The van der Waals surface area contributed by atoms with E-state index in [1.807, 2.05) is 45.2 Å². The number of guanidine groups is 1. The van der Waals surface area contributed by atoms with Gasteiger partial charge in [0.25, 0.3) is 0 Å². The predicted molar refractivity (Wildman–Crippen MR) is 116 cm³/mol. The van der Waals surface area contributed by atoms with Crippen LogP contribution in [0.1, 0.15) is 17.0 Å². The number of halogens is 1. The largest absolute Gasteiger partial charge is 0.492 e. The summed E-state index contributed by atoms with van der Waals surface area (Å²) in [5.74, 6) is 2.71. The van der Waals surface area contributed by atoms with E-state index in [1.165, 1.54) is 5.56 Å². The third-order valence-electron chi connectivity index (χ3n) is 5.21. The van der Waals surface area contributed by atoms with Crippen LogP contribution in [0.4, 0.5) is 0 Å². The number of nitrogens with zero attached hydrogens (tertiary/aromatic N) is 4. The summed E-state index contributed by atoms with van der Waals surface area (Å²) in [6.45, 7) is 10.2. The van der Waals surface area contributed by atoms with Crippen molar-refractivity contribution in [2.45, 2.75) is 20.3 Å². The van der Waals surface area contributed by atoms with Crippen molar-refractivity contribution >= 4 is 17.6 Å². The first-order valence-corrected chi connectivity index (χ1v) is 10.4. The lowest BCUT2D eigenvalue weighted by Gasteiger charge is -2.36. The van der Waals surface area contributed by atoms with E-state index in [0.717, 1.165) is 73.9 Å². The molecular formula is C21H30ClN5O2. The molecule has 1 fully saturated rings. The molecule has 0 spiro atoms. The molecule has 0 aliphatic carbocycles. The Balaban J connectivity index is 1.36. The van der Waals surface area contributed by atoms with Crippen LogP contribution in [0.3, 0.4) is 0 Å². The number of ether oxygens (including phenoxy) is 1. The summed E-state index contributed by atoms with van der Waals surface area (Å²) in [6.07, 6.45) is 0.877. The number of rotatable bonds is 7. The number of aryl methyl sites for hydroxylation is 2. The van der Waals surface area contributed by atoms with Gasteiger partial charge in [0.05, 0.1) is 5.69 Å². The summed E-state index contributed by atoms with van der Waals surface area (Å²) in [4.78, 5) is 9.18. The maximum absolute atomic E-state index is 5.90. The van der Waals surface area contributed by atoms with E-state index in [9.17, 15) is 0 Å². The molecule has 1 saturated heterocycles. The molecule has 1 aromatic heterocycles. The van der Waals surface area contributed by atoms with Crippen molar-refractivity contribution in [1.29, 1.82) is 0 Å². The third kappa shape index (κ3) is 6.11. The van der Waals surface area contributed by atoms with Gasteiger partial charge >= 0.3 is 0 Å². The smallest absolute Gasteiger partial charge is 0.193 e. The van der Waals surface area contributed by atoms with Gasteiger partial charge in [-0.05, 0) is 44.5 Å². The Labute approximate surface area is 177 Å². The molecule has 0 amide bonds. The van der Waals surface area contributed by atoms with Gasteiger partial charge in [-0.3, -0.25) is 9.89 Å². The molecule has 1 aliphatic heterocycles. The Morgan fingerprint density at radius 3 is 2.55 bits per heavy atom. The molecule has 1 aliphatic rings. The van der Waals surface area contributed by atoms with Gasteiger partial charge in [0.1, 0.15) is 18.1 Å². The first kappa shape index (κ1) is 21.5. The van der Waals surface area contributed by atoms with Crippen LogP contribution >= 0.6 is 11.6 Å². The molecule has 0 atom stereocenters. The van der Waals surface area contributed by atoms with Gasteiger partial charge in [0.15, 0.2) is 5.96 Å². The first-order valence-electron chi connectivity index (χ1n) is 10.0. The molecule has 0 saturated carbocycles. The molecule has 0 radical (unpaired) electrons. The highest BCUT2D eigenvalue weighted by Gasteiger charge is 2.19. The summed E-state index contributed by atoms with van der Waals surface area (Å²) in [6, 6.07) is 7.50. The average molecular weight is 420 g/mol. The maximum Gasteiger partial charge on any atom is 0.193 e. The normalized spacial score (nSPS) is 15.6. The Morgan fingerprint density at radius 2 is 1.93 bits per heavy atom. The quantitative estimate of drug-likeness (QED) is 0.550. The van der Waals surface area contributed by atoms with Gasteiger partial charge in [0.2, 0.25) is 0 Å². The lowest BCUT2D eigenvalue weighted by atomic mass is 10.1. The van der Waals surface area contributed by atoms with E-state index in [4.69, 9.17) is 20.9 Å². The van der Waals surface area contributed by atoms with Gasteiger partial charge in [0, 0.05) is 56.9 Å². The monoisotopic (exact) mass is 419 g/mol. The van der Waals surface area contributed by atoms with Crippen molar-refractivity contribution in [3.63, 3.8) is 0 Å². The van der Waals surface area contributed by atoms with Crippen LogP contribution < -0.4 is 10.1 Å². The number of hydrogen-bond donors (Lipinski definition) is 1. The van der Waals surface area contributed by atoms with Crippen LogP contribution in [-0.4, -0.2) is 73.8 Å². The lowest BCUT2D eigenvalue weighted by Crippen LogP contribution is -2.53. The highest BCUT2D eigenvalue weighted by atomic mass is 35.5. The van der Waals surface area contributed by atoms with E-state index in [-0.39, 0.29) is 0 Å². The zero-order valence-electron chi connectivity index (χ0n) is 17.4. The van der Waals surface area contributed by atoms with Crippen LogP contribution in [0, 0.1) is 13.8 Å². The number of aromatic nitrogens is 1. The van der Waals surface area contributed by atoms with Crippen LogP contribution in [-0.2, 0) is 6.42 Å². The zero-order valence-corrected chi connectivity index (χ0v) is 18.2. The van der Waals surface area contributed by atoms with Crippen LogP contribution in [0.2, 0.25) is 5.02 Å². The zero-order chi connectivity index (χ0) is 20.6. The second-order valence-electron chi connectivity index (χ2n) is 7.16. The summed E-state index contributed by atoms with van der Waals surface area (Å²) in [5, 5.41) is 8.21. The van der Waals surface area contributed by atoms with Gasteiger partial charge < -0.3 is 19.5 Å². The van der Waals surface area contributed by atoms with Crippen molar-refractivity contribution in [2.75, 3.05) is 52.9 Å². The summed E-state index contributed by atoms with van der Waals surface area (Å²) in [7, 11) is 1.84. The van der Waals surface area contributed by atoms with Crippen LogP contribution in [0.15, 0.2) is 33.8 Å². The van der Waals surface area contributed by atoms with Crippen molar-refractivity contribution in [1.82, 2.24) is 20.3 Å². The SMILES string of the molecule is CN=C(NCCc1c(C)noc1C)N1CCN(CCOc2ccc(Cl)cc2)CC1. The number of piperazine rings is 1. The summed E-state index contributed by atoms with van der Waals surface area (Å²) in [5.41, 5.74) is 2.15. The number of nitrogens with one attached hydrogen (secondary N) is 1. The van der Waals surface area contributed by atoms with Gasteiger partial charge in [-0.25, -0.2) is 0 Å². The fourth-order valence-electron chi connectivity index (χ4n) is 3.50. The highest BCUT2D eigenvalue weighted by molar-refractivity contribution is 6.30. The minimum atomic E-state index is 0.673. The van der Waals surface area contributed by atoms with E-state index in [2.05, 4.69) is 25.3 Å². The van der Waals surface area contributed by atoms with Gasteiger partial charge in [-0.1, -0.05) is 16.8 Å². The second kappa shape index (κ2) is 10.5.